The van der Waals surface area contributed by atoms with Crippen LogP contribution in [0.15, 0.2) is 0 Å². The van der Waals surface area contributed by atoms with Gasteiger partial charge in [0.1, 0.15) is 18.3 Å². The third kappa shape index (κ3) is 1.88. The molecule has 12 heavy (non-hydrogen) atoms. The first-order chi connectivity index (χ1) is 5.57. The van der Waals surface area contributed by atoms with Crippen LogP contribution in [0.1, 0.15) is 0 Å². The largest absolute Gasteiger partial charge is 0.388 e. The monoisotopic (exact) mass is 290 g/mol. The lowest BCUT2D eigenvalue weighted by atomic mass is 10.0. The molecule has 0 aromatic rings. The lowest BCUT2D eigenvalue weighted by Gasteiger charge is -2.37. The fraction of sp³-hybridized carbons (Fsp3) is 1.00. The van der Waals surface area contributed by atoms with Crippen LogP contribution in [-0.2, 0) is 4.74 Å². The zero-order chi connectivity index (χ0) is 9.30. The second kappa shape index (κ2) is 4.16. The first-order valence-electron chi connectivity index (χ1n) is 3.51. The maximum atomic E-state index is 9.27. The minimum absolute atomic E-state index is 0.444. The molecule has 0 aromatic carbocycles. The molecular weight excluding hydrogens is 279 g/mol. The van der Waals surface area contributed by atoms with Gasteiger partial charge in [0.2, 0.25) is 0 Å². The second-order valence-electron chi connectivity index (χ2n) is 2.69. The fourth-order valence-electron chi connectivity index (χ4n) is 1.06. The van der Waals surface area contributed by atoms with Gasteiger partial charge >= 0.3 is 0 Å². The number of hydrogen-bond acceptors (Lipinski definition) is 5. The van der Waals surface area contributed by atoms with Crippen molar-refractivity contribution >= 4 is 22.6 Å². The van der Waals surface area contributed by atoms with E-state index in [2.05, 4.69) is 0 Å². The Bertz CT molecular complexity index is 150. The second-order valence-corrected chi connectivity index (χ2v) is 3.57. The van der Waals surface area contributed by atoms with Gasteiger partial charge in [-0.1, -0.05) is 22.6 Å². The molecule has 0 saturated carbocycles. The zero-order valence-corrected chi connectivity index (χ0v) is 8.33. The first kappa shape index (κ1) is 10.6. The summed E-state index contributed by atoms with van der Waals surface area (Å²) >= 11 is 1.96. The van der Waals surface area contributed by atoms with Gasteiger partial charge in [-0.15, -0.1) is 0 Å². The lowest BCUT2D eigenvalue weighted by Crippen LogP contribution is -2.57. The Morgan fingerprint density at radius 3 is 2.08 bits per heavy atom. The minimum atomic E-state index is -1.43. The number of alkyl halides is 1. The smallest absolute Gasteiger partial charge is 0.183 e. The number of rotatable bonds is 1. The van der Waals surface area contributed by atoms with E-state index in [-0.39, 0.29) is 0 Å². The summed E-state index contributed by atoms with van der Waals surface area (Å²) in [5.41, 5.74) is 0. The molecule has 1 aliphatic rings. The van der Waals surface area contributed by atoms with Crippen molar-refractivity contribution in [1.82, 2.24) is 0 Å². The molecule has 1 aliphatic heterocycles. The highest BCUT2D eigenvalue weighted by molar-refractivity contribution is 14.1. The Hall–Kier alpha value is 0.530. The van der Waals surface area contributed by atoms with Crippen LogP contribution in [0.5, 0.6) is 0 Å². The standard InChI is InChI=1S/C6H11IO5/c7-1-2-3(8)4(9)5(10)6(11)12-2/h2-6,8-11H,1H2/t2-,3-,4+,5-,6-/m1/s1. The van der Waals surface area contributed by atoms with E-state index < -0.39 is 30.7 Å². The van der Waals surface area contributed by atoms with Crippen LogP contribution in [0, 0.1) is 0 Å². The SMILES string of the molecule is O[C@@H]1[C@@H](O)[C@H](O)O[C@H](CI)[C@H]1O. The topological polar surface area (TPSA) is 90.2 Å². The number of halogens is 1. The lowest BCUT2D eigenvalue weighted by molar-refractivity contribution is -0.275. The average Bonchev–Trinajstić information content (AvgIpc) is 2.08. The quantitative estimate of drug-likeness (QED) is 0.339. The Kier molecular flexibility index (Phi) is 3.68. The molecule has 0 bridgehead atoms. The Labute approximate surface area is 83.1 Å². The van der Waals surface area contributed by atoms with Crippen LogP contribution in [-0.4, -0.2) is 55.6 Å². The van der Waals surface area contributed by atoms with E-state index >= 15 is 0 Å². The van der Waals surface area contributed by atoms with Crippen molar-refractivity contribution in [3.8, 4) is 0 Å². The summed E-state index contributed by atoms with van der Waals surface area (Å²) in [5.74, 6) is 0. The van der Waals surface area contributed by atoms with Gasteiger partial charge in [-0.05, 0) is 0 Å². The Morgan fingerprint density at radius 2 is 1.58 bits per heavy atom. The highest BCUT2D eigenvalue weighted by Gasteiger charge is 2.42. The fourth-order valence-corrected chi connectivity index (χ4v) is 1.79. The summed E-state index contributed by atoms with van der Waals surface area (Å²) in [7, 11) is 0. The summed E-state index contributed by atoms with van der Waals surface area (Å²) in [5, 5.41) is 36.5. The Morgan fingerprint density at radius 1 is 1.00 bits per heavy atom. The third-order valence-corrected chi connectivity index (χ3v) is 2.71. The van der Waals surface area contributed by atoms with Crippen LogP contribution in [0.3, 0.4) is 0 Å². The molecule has 1 rings (SSSR count). The van der Waals surface area contributed by atoms with Crippen molar-refractivity contribution in [1.29, 1.82) is 0 Å². The van der Waals surface area contributed by atoms with Gasteiger partial charge in [0.05, 0.1) is 6.10 Å². The normalized spacial score (nSPS) is 49.2. The van der Waals surface area contributed by atoms with Gasteiger partial charge in [0, 0.05) is 4.43 Å². The summed E-state index contributed by atoms with van der Waals surface area (Å²) in [6.07, 6.45) is -5.95. The van der Waals surface area contributed by atoms with E-state index in [4.69, 9.17) is 14.9 Å². The van der Waals surface area contributed by atoms with Gasteiger partial charge < -0.3 is 25.2 Å². The van der Waals surface area contributed by atoms with Crippen molar-refractivity contribution < 1.29 is 25.2 Å². The molecule has 0 aromatic heterocycles. The molecule has 6 heteroatoms. The predicted molar refractivity (Wildman–Crippen MR) is 47.8 cm³/mol. The molecule has 0 spiro atoms. The highest BCUT2D eigenvalue weighted by Crippen LogP contribution is 2.20. The number of aliphatic hydroxyl groups is 4. The molecular formula is C6H11IO5. The zero-order valence-electron chi connectivity index (χ0n) is 6.17. The summed E-state index contributed by atoms with van der Waals surface area (Å²) in [6.45, 7) is 0. The molecule has 5 atom stereocenters. The van der Waals surface area contributed by atoms with Crippen molar-refractivity contribution in [2.45, 2.75) is 30.7 Å². The van der Waals surface area contributed by atoms with Crippen LogP contribution < -0.4 is 0 Å². The van der Waals surface area contributed by atoms with Crippen LogP contribution in [0.2, 0.25) is 0 Å². The summed E-state index contributed by atoms with van der Waals surface area (Å²) in [4.78, 5) is 0. The Balaban J connectivity index is 2.63. The summed E-state index contributed by atoms with van der Waals surface area (Å²) in [6, 6.07) is 0. The van der Waals surface area contributed by atoms with Gasteiger partial charge in [0.25, 0.3) is 0 Å². The molecule has 1 fully saturated rings. The highest BCUT2D eigenvalue weighted by atomic mass is 127. The number of ether oxygens (including phenoxy) is 1. The average molecular weight is 290 g/mol. The molecule has 0 aliphatic carbocycles. The van der Waals surface area contributed by atoms with E-state index in [1.807, 2.05) is 22.6 Å². The molecule has 0 amide bonds. The number of hydrogen-bond donors (Lipinski definition) is 4. The van der Waals surface area contributed by atoms with E-state index in [1.54, 1.807) is 0 Å². The first-order valence-corrected chi connectivity index (χ1v) is 5.04. The minimum Gasteiger partial charge on any atom is -0.388 e. The molecule has 1 saturated heterocycles. The van der Waals surface area contributed by atoms with Crippen molar-refractivity contribution in [3.63, 3.8) is 0 Å². The van der Waals surface area contributed by atoms with E-state index in [0.29, 0.717) is 4.43 Å². The van der Waals surface area contributed by atoms with Crippen molar-refractivity contribution in [2.75, 3.05) is 4.43 Å². The third-order valence-electron chi connectivity index (χ3n) is 1.84. The maximum Gasteiger partial charge on any atom is 0.183 e. The molecule has 5 nitrogen and oxygen atoms in total. The van der Waals surface area contributed by atoms with E-state index in [0.717, 1.165) is 0 Å². The molecule has 0 unspecified atom stereocenters. The predicted octanol–water partition coefficient (Wildman–Crippen LogP) is -1.78. The van der Waals surface area contributed by atoms with Gasteiger partial charge in [-0.3, -0.25) is 0 Å². The van der Waals surface area contributed by atoms with Gasteiger partial charge in [-0.25, -0.2) is 0 Å². The number of aliphatic hydroxyl groups excluding tert-OH is 4. The van der Waals surface area contributed by atoms with E-state index in [1.165, 1.54) is 0 Å². The van der Waals surface area contributed by atoms with Crippen molar-refractivity contribution in [2.24, 2.45) is 0 Å². The molecule has 4 N–H and O–H groups in total. The molecule has 72 valence electrons. The van der Waals surface area contributed by atoms with Crippen LogP contribution in [0.25, 0.3) is 0 Å². The van der Waals surface area contributed by atoms with Gasteiger partial charge in [-0.2, -0.15) is 0 Å². The van der Waals surface area contributed by atoms with Crippen LogP contribution in [0.4, 0.5) is 0 Å². The molecule has 0 radical (unpaired) electrons. The van der Waals surface area contributed by atoms with Crippen LogP contribution >= 0.6 is 22.6 Å². The van der Waals surface area contributed by atoms with Crippen molar-refractivity contribution in [3.05, 3.63) is 0 Å². The summed E-state index contributed by atoms with van der Waals surface area (Å²) < 4.78 is 5.26. The molecule has 1 heterocycles. The van der Waals surface area contributed by atoms with E-state index in [9.17, 15) is 10.2 Å². The van der Waals surface area contributed by atoms with Gasteiger partial charge in [0.15, 0.2) is 6.29 Å². The maximum absolute atomic E-state index is 9.27.